The van der Waals surface area contributed by atoms with Gasteiger partial charge >= 0.3 is 0 Å². The molecule has 0 spiro atoms. The molecule has 2 rings (SSSR count). The molecule has 3 N–H and O–H groups in total. The minimum atomic E-state index is 0.246. The molecule has 0 saturated heterocycles. The summed E-state index contributed by atoms with van der Waals surface area (Å²) in [7, 11) is 0. The lowest BCUT2D eigenvalue weighted by Gasteiger charge is -2.04. The Morgan fingerprint density at radius 2 is 2.00 bits per heavy atom. The van der Waals surface area contributed by atoms with Crippen LogP contribution in [-0.2, 0) is 12.8 Å². The average molecular weight is 204 g/mol. The lowest BCUT2D eigenvalue weighted by Crippen LogP contribution is -2.22. The van der Waals surface area contributed by atoms with Gasteiger partial charge in [0.25, 0.3) is 0 Å². The number of hydrogen-bond acceptors (Lipinski definition) is 1. The number of amidine groups is 1. The molecule has 0 aliphatic heterocycles. The molecule has 1 aliphatic rings. The fourth-order valence-corrected chi connectivity index (χ4v) is 2.05. The first-order valence-electron chi connectivity index (χ1n) is 5.59. The number of nitrogens with one attached hydrogen (secondary N) is 1. The van der Waals surface area contributed by atoms with Gasteiger partial charge < -0.3 is 5.73 Å². The van der Waals surface area contributed by atoms with E-state index in [-0.39, 0.29) is 5.92 Å². The molecule has 1 unspecified atom stereocenters. The van der Waals surface area contributed by atoms with Crippen LogP contribution in [0, 0.1) is 18.3 Å². The predicted octanol–water partition coefficient (Wildman–Crippen LogP) is 2.67. The van der Waals surface area contributed by atoms with Crippen LogP contribution in [0.3, 0.4) is 0 Å². The van der Waals surface area contributed by atoms with Gasteiger partial charge in [0.15, 0.2) is 0 Å². The van der Waals surface area contributed by atoms with Gasteiger partial charge in [-0.25, -0.2) is 0 Å². The number of hydrogen-bond donors (Lipinski definition) is 2. The van der Waals surface area contributed by atoms with Crippen molar-refractivity contribution in [3.05, 3.63) is 34.9 Å². The van der Waals surface area contributed by atoms with Crippen molar-refractivity contribution >= 4 is 5.84 Å². The molecule has 0 saturated carbocycles. The Bertz CT molecular complexity index is 356. The summed E-state index contributed by atoms with van der Waals surface area (Å²) in [5.74, 6) is 0.576. The zero-order valence-corrected chi connectivity index (χ0v) is 9.80. The maximum Gasteiger partial charge on any atom is 0.0943 e. The summed E-state index contributed by atoms with van der Waals surface area (Å²) in [4.78, 5) is 0. The van der Waals surface area contributed by atoms with Gasteiger partial charge in [-0.05, 0) is 36.5 Å². The Hall–Kier alpha value is -1.31. The van der Waals surface area contributed by atoms with Crippen molar-refractivity contribution in [1.29, 1.82) is 5.41 Å². The molecule has 2 nitrogen and oxygen atoms in total. The van der Waals surface area contributed by atoms with Crippen molar-refractivity contribution in [1.82, 2.24) is 0 Å². The van der Waals surface area contributed by atoms with E-state index in [1.165, 1.54) is 16.7 Å². The van der Waals surface area contributed by atoms with Gasteiger partial charge in [-0.3, -0.25) is 5.41 Å². The molecular weight excluding hydrogens is 184 g/mol. The minimum absolute atomic E-state index is 0.246. The zero-order valence-electron chi connectivity index (χ0n) is 9.80. The fourth-order valence-electron chi connectivity index (χ4n) is 2.05. The molecule has 15 heavy (non-hydrogen) atoms. The van der Waals surface area contributed by atoms with Gasteiger partial charge in [-0.2, -0.15) is 0 Å². The monoisotopic (exact) mass is 204 g/mol. The molecular formula is C13H20N2. The van der Waals surface area contributed by atoms with Crippen LogP contribution in [0.2, 0.25) is 0 Å². The number of aryl methyl sites for hydroxylation is 1. The van der Waals surface area contributed by atoms with E-state index in [9.17, 15) is 0 Å². The summed E-state index contributed by atoms with van der Waals surface area (Å²) in [5, 5.41) is 7.42. The van der Waals surface area contributed by atoms with Crippen LogP contribution in [0.15, 0.2) is 18.2 Å². The molecule has 0 heterocycles. The van der Waals surface area contributed by atoms with Crippen molar-refractivity contribution in [2.45, 2.75) is 33.6 Å². The SMILES string of the molecule is CC.Cc1cccc2c1CC(C(=N)N)C2. The van der Waals surface area contributed by atoms with Crippen molar-refractivity contribution in [2.24, 2.45) is 11.7 Å². The molecule has 0 amide bonds. The van der Waals surface area contributed by atoms with Crippen LogP contribution in [0.4, 0.5) is 0 Å². The summed E-state index contributed by atoms with van der Waals surface area (Å²) < 4.78 is 0. The maximum atomic E-state index is 7.42. The zero-order chi connectivity index (χ0) is 11.4. The van der Waals surface area contributed by atoms with E-state index in [1.54, 1.807) is 0 Å². The molecule has 0 aromatic heterocycles. The largest absolute Gasteiger partial charge is 0.387 e. The van der Waals surface area contributed by atoms with E-state index in [2.05, 4.69) is 25.1 Å². The summed E-state index contributed by atoms with van der Waals surface area (Å²) in [6.07, 6.45) is 1.91. The Morgan fingerprint density at radius 3 is 2.53 bits per heavy atom. The summed E-state index contributed by atoms with van der Waals surface area (Å²) in [5.41, 5.74) is 9.63. The Labute approximate surface area is 92.0 Å². The number of fused-ring (bicyclic) bond motifs is 1. The number of rotatable bonds is 1. The molecule has 1 aliphatic carbocycles. The smallest absolute Gasteiger partial charge is 0.0943 e. The lowest BCUT2D eigenvalue weighted by atomic mass is 10.0. The van der Waals surface area contributed by atoms with Gasteiger partial charge in [-0.1, -0.05) is 32.0 Å². The van der Waals surface area contributed by atoms with Crippen LogP contribution >= 0.6 is 0 Å². The third-order valence-corrected chi connectivity index (χ3v) is 2.86. The third kappa shape index (κ3) is 2.38. The molecule has 1 aromatic carbocycles. The summed E-state index contributed by atoms with van der Waals surface area (Å²) in [6, 6.07) is 6.35. The van der Waals surface area contributed by atoms with E-state index in [4.69, 9.17) is 11.1 Å². The van der Waals surface area contributed by atoms with E-state index in [0.29, 0.717) is 5.84 Å². The van der Waals surface area contributed by atoms with Crippen molar-refractivity contribution in [3.8, 4) is 0 Å². The molecule has 0 radical (unpaired) electrons. The number of nitrogens with two attached hydrogens (primary N) is 1. The summed E-state index contributed by atoms with van der Waals surface area (Å²) in [6.45, 7) is 6.13. The van der Waals surface area contributed by atoms with Crippen LogP contribution in [0.5, 0.6) is 0 Å². The minimum Gasteiger partial charge on any atom is -0.387 e. The van der Waals surface area contributed by atoms with Crippen molar-refractivity contribution in [2.75, 3.05) is 0 Å². The first-order valence-corrected chi connectivity index (χ1v) is 5.59. The van der Waals surface area contributed by atoms with Crippen LogP contribution in [0.1, 0.15) is 30.5 Å². The van der Waals surface area contributed by atoms with Crippen LogP contribution < -0.4 is 5.73 Å². The Balaban J connectivity index is 0.000000531. The predicted molar refractivity (Wildman–Crippen MR) is 65.3 cm³/mol. The second-order valence-corrected chi connectivity index (χ2v) is 3.77. The molecule has 0 fully saturated rings. The normalized spacial score (nSPS) is 17.7. The molecule has 0 bridgehead atoms. The second kappa shape index (κ2) is 4.96. The van der Waals surface area contributed by atoms with Gasteiger partial charge in [-0.15, -0.1) is 0 Å². The van der Waals surface area contributed by atoms with E-state index >= 15 is 0 Å². The van der Waals surface area contributed by atoms with Crippen molar-refractivity contribution in [3.63, 3.8) is 0 Å². The molecule has 82 valence electrons. The first-order chi connectivity index (χ1) is 7.18. The van der Waals surface area contributed by atoms with Gasteiger partial charge in [0.05, 0.1) is 5.84 Å². The maximum absolute atomic E-state index is 7.42. The molecule has 1 atom stereocenters. The lowest BCUT2D eigenvalue weighted by molar-refractivity contribution is 0.735. The van der Waals surface area contributed by atoms with E-state index in [1.807, 2.05) is 13.8 Å². The topological polar surface area (TPSA) is 49.9 Å². The number of benzene rings is 1. The third-order valence-electron chi connectivity index (χ3n) is 2.86. The average Bonchev–Trinajstić information content (AvgIpc) is 2.66. The highest BCUT2D eigenvalue weighted by Gasteiger charge is 2.24. The van der Waals surface area contributed by atoms with Gasteiger partial charge in [0.2, 0.25) is 0 Å². The fraction of sp³-hybridized carbons (Fsp3) is 0.462. The van der Waals surface area contributed by atoms with Gasteiger partial charge in [0.1, 0.15) is 0 Å². The van der Waals surface area contributed by atoms with Gasteiger partial charge in [0, 0.05) is 5.92 Å². The first kappa shape index (κ1) is 11.8. The standard InChI is InChI=1S/C11H14N2.C2H6/c1-7-3-2-4-8-5-9(11(12)13)6-10(7)8;1-2/h2-4,9H,5-6H2,1H3,(H3,12,13);1-2H3. The van der Waals surface area contributed by atoms with Crippen molar-refractivity contribution < 1.29 is 0 Å². The second-order valence-electron chi connectivity index (χ2n) is 3.77. The highest BCUT2D eigenvalue weighted by atomic mass is 14.7. The summed E-state index contributed by atoms with van der Waals surface area (Å²) >= 11 is 0. The Kier molecular flexibility index (Phi) is 3.89. The van der Waals surface area contributed by atoms with Crippen LogP contribution in [-0.4, -0.2) is 5.84 Å². The highest BCUT2D eigenvalue weighted by molar-refractivity contribution is 5.81. The Morgan fingerprint density at radius 1 is 1.33 bits per heavy atom. The molecule has 1 aromatic rings. The van der Waals surface area contributed by atoms with Crippen LogP contribution in [0.25, 0.3) is 0 Å². The van der Waals surface area contributed by atoms with E-state index < -0.39 is 0 Å². The van der Waals surface area contributed by atoms with E-state index in [0.717, 1.165) is 12.8 Å². The highest BCUT2D eigenvalue weighted by Crippen LogP contribution is 2.28. The molecule has 2 heteroatoms. The quantitative estimate of drug-likeness (QED) is 0.536.